The number of amides is 1. The number of carbonyl (C=O) groups excluding carboxylic acids is 1. The molecule has 1 saturated heterocycles. The third kappa shape index (κ3) is 3.77. The van der Waals surface area contributed by atoms with Crippen LogP contribution in [-0.2, 0) is 4.79 Å². The SMILES string of the molecule is C=C/C(CNC(=O)CC)=C(\C=C)N1CCCC1. The van der Waals surface area contributed by atoms with Crippen LogP contribution in [0, 0.1) is 0 Å². The van der Waals surface area contributed by atoms with Gasteiger partial charge in [-0.1, -0.05) is 26.2 Å². The Morgan fingerprint density at radius 2 is 1.94 bits per heavy atom. The highest BCUT2D eigenvalue weighted by Crippen LogP contribution is 2.18. The van der Waals surface area contributed by atoms with Crippen molar-refractivity contribution >= 4 is 5.91 Å². The van der Waals surface area contributed by atoms with E-state index in [1.54, 1.807) is 0 Å². The maximum absolute atomic E-state index is 11.3. The van der Waals surface area contributed by atoms with Crippen molar-refractivity contribution in [3.8, 4) is 0 Å². The van der Waals surface area contributed by atoms with Gasteiger partial charge in [-0.25, -0.2) is 0 Å². The molecule has 0 aliphatic carbocycles. The van der Waals surface area contributed by atoms with Crippen molar-refractivity contribution in [1.29, 1.82) is 0 Å². The Morgan fingerprint density at radius 1 is 1.29 bits per heavy atom. The highest BCUT2D eigenvalue weighted by molar-refractivity contribution is 5.75. The molecular formula is C14H22N2O. The van der Waals surface area contributed by atoms with Crippen LogP contribution in [0.4, 0.5) is 0 Å². The summed E-state index contributed by atoms with van der Waals surface area (Å²) >= 11 is 0. The van der Waals surface area contributed by atoms with Gasteiger partial charge >= 0.3 is 0 Å². The van der Waals surface area contributed by atoms with Gasteiger partial charge in [0, 0.05) is 31.8 Å². The third-order valence-corrected chi connectivity index (χ3v) is 3.01. The highest BCUT2D eigenvalue weighted by atomic mass is 16.1. The van der Waals surface area contributed by atoms with Gasteiger partial charge in [0.15, 0.2) is 0 Å². The van der Waals surface area contributed by atoms with Crippen LogP contribution in [-0.4, -0.2) is 30.4 Å². The van der Waals surface area contributed by atoms with Gasteiger partial charge in [-0.2, -0.15) is 0 Å². The third-order valence-electron chi connectivity index (χ3n) is 3.01. The van der Waals surface area contributed by atoms with Crippen LogP contribution >= 0.6 is 0 Å². The first kappa shape index (κ1) is 13.6. The van der Waals surface area contributed by atoms with E-state index in [9.17, 15) is 4.79 Å². The first-order valence-electron chi connectivity index (χ1n) is 6.22. The molecule has 1 amide bonds. The lowest BCUT2D eigenvalue weighted by atomic mass is 10.1. The van der Waals surface area contributed by atoms with Gasteiger partial charge in [0.25, 0.3) is 0 Å². The molecule has 0 bridgehead atoms. The van der Waals surface area contributed by atoms with Crippen molar-refractivity contribution in [2.75, 3.05) is 19.6 Å². The van der Waals surface area contributed by atoms with Gasteiger partial charge in [0.1, 0.15) is 0 Å². The van der Waals surface area contributed by atoms with Gasteiger partial charge in [0.2, 0.25) is 5.91 Å². The molecule has 0 aromatic heterocycles. The van der Waals surface area contributed by atoms with E-state index in [4.69, 9.17) is 0 Å². The molecule has 0 saturated carbocycles. The molecule has 0 spiro atoms. The minimum Gasteiger partial charge on any atom is -0.371 e. The van der Waals surface area contributed by atoms with Crippen molar-refractivity contribution in [2.24, 2.45) is 0 Å². The first-order chi connectivity index (χ1) is 8.22. The normalized spacial score (nSPS) is 16.4. The number of likely N-dealkylation sites (tertiary alicyclic amines) is 1. The monoisotopic (exact) mass is 234 g/mol. The lowest BCUT2D eigenvalue weighted by Gasteiger charge is -2.22. The van der Waals surface area contributed by atoms with Crippen molar-refractivity contribution < 1.29 is 4.79 Å². The van der Waals surface area contributed by atoms with Crippen molar-refractivity contribution in [2.45, 2.75) is 26.2 Å². The van der Waals surface area contributed by atoms with Crippen LogP contribution in [0.3, 0.4) is 0 Å². The van der Waals surface area contributed by atoms with Gasteiger partial charge in [-0.15, -0.1) is 0 Å². The van der Waals surface area contributed by atoms with E-state index >= 15 is 0 Å². The fraction of sp³-hybridized carbons (Fsp3) is 0.500. The Morgan fingerprint density at radius 3 is 2.41 bits per heavy atom. The van der Waals surface area contributed by atoms with Crippen molar-refractivity contribution in [1.82, 2.24) is 10.2 Å². The van der Waals surface area contributed by atoms with E-state index in [1.807, 2.05) is 19.1 Å². The van der Waals surface area contributed by atoms with Gasteiger partial charge in [0.05, 0.1) is 0 Å². The predicted molar refractivity (Wildman–Crippen MR) is 71.5 cm³/mol. The maximum Gasteiger partial charge on any atom is 0.219 e. The molecule has 1 aliphatic rings. The molecule has 3 heteroatoms. The van der Waals surface area contributed by atoms with Crippen molar-refractivity contribution in [3.05, 3.63) is 36.6 Å². The molecular weight excluding hydrogens is 212 g/mol. The molecule has 1 heterocycles. The molecule has 0 radical (unpaired) electrons. The van der Waals surface area contributed by atoms with Crippen molar-refractivity contribution in [3.63, 3.8) is 0 Å². The molecule has 1 N–H and O–H groups in total. The number of carbonyl (C=O) groups is 1. The Kier molecular flexibility index (Phi) is 5.53. The minimum atomic E-state index is 0.0641. The van der Waals surface area contributed by atoms with Gasteiger partial charge < -0.3 is 10.2 Å². The quantitative estimate of drug-likeness (QED) is 0.715. The molecule has 1 fully saturated rings. The number of nitrogens with zero attached hydrogens (tertiary/aromatic N) is 1. The molecule has 0 aromatic carbocycles. The topological polar surface area (TPSA) is 32.3 Å². The number of allylic oxidation sites excluding steroid dienone is 1. The summed E-state index contributed by atoms with van der Waals surface area (Å²) in [5, 5.41) is 2.88. The first-order valence-corrected chi connectivity index (χ1v) is 6.22. The predicted octanol–water partition coefficient (Wildman–Crippen LogP) is 2.23. The lowest BCUT2D eigenvalue weighted by Crippen LogP contribution is -2.27. The van der Waals surface area contributed by atoms with Crippen LogP contribution in [0.2, 0.25) is 0 Å². The second-order valence-electron chi connectivity index (χ2n) is 4.14. The Hall–Kier alpha value is -1.51. The summed E-state index contributed by atoms with van der Waals surface area (Å²) in [4.78, 5) is 13.6. The molecule has 0 unspecified atom stereocenters. The summed E-state index contributed by atoms with van der Waals surface area (Å²) in [6.45, 7) is 12.2. The zero-order valence-corrected chi connectivity index (χ0v) is 10.7. The van der Waals surface area contributed by atoms with Crippen LogP contribution < -0.4 is 5.32 Å². The standard InChI is InChI=1S/C14H22N2O/c1-4-12(11-15-14(17)6-3)13(5-2)16-9-7-8-10-16/h4-5H,1-2,6-11H2,3H3,(H,15,17)/b13-12-. The maximum atomic E-state index is 11.3. The van der Waals surface area contributed by atoms with Crippen LogP contribution in [0.15, 0.2) is 36.6 Å². The lowest BCUT2D eigenvalue weighted by molar-refractivity contribution is -0.120. The van der Waals surface area contributed by atoms with E-state index < -0.39 is 0 Å². The van der Waals surface area contributed by atoms with Crippen LogP contribution in [0.5, 0.6) is 0 Å². The summed E-state index contributed by atoms with van der Waals surface area (Å²) in [5.74, 6) is 0.0641. The molecule has 94 valence electrons. The summed E-state index contributed by atoms with van der Waals surface area (Å²) in [6, 6.07) is 0. The minimum absolute atomic E-state index is 0.0641. The molecule has 0 aromatic rings. The average Bonchev–Trinajstić information content (AvgIpc) is 2.87. The zero-order valence-electron chi connectivity index (χ0n) is 10.7. The van der Waals surface area contributed by atoms with E-state index in [0.29, 0.717) is 13.0 Å². The molecule has 17 heavy (non-hydrogen) atoms. The fourth-order valence-corrected chi connectivity index (χ4v) is 2.01. The smallest absolute Gasteiger partial charge is 0.219 e. The summed E-state index contributed by atoms with van der Waals surface area (Å²) in [6.07, 6.45) is 6.63. The number of rotatable bonds is 6. The van der Waals surface area contributed by atoms with Gasteiger partial charge in [-0.3, -0.25) is 4.79 Å². The van der Waals surface area contributed by atoms with Crippen LogP contribution in [0.25, 0.3) is 0 Å². The largest absolute Gasteiger partial charge is 0.371 e. The summed E-state index contributed by atoms with van der Waals surface area (Å²) in [7, 11) is 0. The highest BCUT2D eigenvalue weighted by Gasteiger charge is 2.15. The number of hydrogen-bond donors (Lipinski definition) is 1. The van der Waals surface area contributed by atoms with Gasteiger partial charge in [-0.05, 0) is 24.5 Å². The Labute approximate surface area is 104 Å². The number of nitrogens with one attached hydrogen (secondary N) is 1. The summed E-state index contributed by atoms with van der Waals surface area (Å²) in [5.41, 5.74) is 2.15. The second-order valence-corrected chi connectivity index (χ2v) is 4.14. The second kappa shape index (κ2) is 6.94. The average molecular weight is 234 g/mol. The molecule has 3 nitrogen and oxygen atoms in total. The molecule has 1 aliphatic heterocycles. The number of hydrogen-bond acceptors (Lipinski definition) is 2. The van der Waals surface area contributed by atoms with Crippen LogP contribution in [0.1, 0.15) is 26.2 Å². The fourth-order valence-electron chi connectivity index (χ4n) is 2.01. The Bertz CT molecular complexity index is 325. The van der Waals surface area contributed by atoms with E-state index in [0.717, 1.165) is 24.4 Å². The Balaban J connectivity index is 2.74. The molecule has 1 rings (SSSR count). The zero-order chi connectivity index (χ0) is 12.7. The van der Waals surface area contributed by atoms with E-state index in [2.05, 4.69) is 23.4 Å². The summed E-state index contributed by atoms with van der Waals surface area (Å²) < 4.78 is 0. The molecule has 0 atom stereocenters. The van der Waals surface area contributed by atoms with E-state index in [1.165, 1.54) is 12.8 Å². The van der Waals surface area contributed by atoms with E-state index in [-0.39, 0.29) is 5.91 Å².